The smallest absolute Gasteiger partial charge is 0.378 e. The summed E-state index contributed by atoms with van der Waals surface area (Å²) in [6, 6.07) is 9.06. The van der Waals surface area contributed by atoms with Gasteiger partial charge in [-0.15, -0.1) is 0 Å². The Morgan fingerprint density at radius 3 is 2.40 bits per heavy atom. The molecule has 4 fully saturated rings. The highest BCUT2D eigenvalue weighted by molar-refractivity contribution is 7.80. The van der Waals surface area contributed by atoms with Gasteiger partial charge in [-0.25, -0.2) is 4.98 Å². The molecule has 4 amide bonds. The van der Waals surface area contributed by atoms with Crippen LogP contribution in [0, 0.1) is 17.2 Å². The third-order valence-electron chi connectivity index (χ3n) is 11.7. The summed E-state index contributed by atoms with van der Waals surface area (Å²) in [4.78, 5) is 59.2. The summed E-state index contributed by atoms with van der Waals surface area (Å²) < 4.78 is 47.5. The number of aromatic nitrogens is 1. The Labute approximate surface area is 335 Å². The zero-order chi connectivity index (χ0) is 41.2. The Balaban J connectivity index is 0.943. The molecule has 3 saturated heterocycles. The molecule has 4 aliphatic rings. The van der Waals surface area contributed by atoms with E-state index < -0.39 is 34.9 Å². The molecule has 306 valence electrons. The molecular formula is C40H49F3N8O5S. The summed E-state index contributed by atoms with van der Waals surface area (Å²) >= 11 is 5.73. The number of carbonyl (C=O) groups is 4. The van der Waals surface area contributed by atoms with E-state index in [0.717, 1.165) is 62.1 Å². The minimum Gasteiger partial charge on any atom is -0.378 e. The van der Waals surface area contributed by atoms with Crippen LogP contribution < -0.4 is 20.9 Å². The number of alkyl halides is 3. The van der Waals surface area contributed by atoms with Gasteiger partial charge in [0.2, 0.25) is 17.7 Å². The Bertz CT molecular complexity index is 1920. The van der Waals surface area contributed by atoms with Crippen LogP contribution in [0.4, 0.5) is 30.2 Å². The summed E-state index contributed by atoms with van der Waals surface area (Å²) in [5, 5.41) is 17.7. The van der Waals surface area contributed by atoms with Gasteiger partial charge in [0.05, 0.1) is 30.1 Å². The number of nitrogens with one attached hydrogen (secondary N) is 3. The number of imide groups is 1. The molecule has 2 unspecified atom stereocenters. The zero-order valence-electron chi connectivity index (χ0n) is 32.5. The van der Waals surface area contributed by atoms with Gasteiger partial charge in [0.15, 0.2) is 10.8 Å². The normalized spacial score (nSPS) is 26.9. The van der Waals surface area contributed by atoms with Gasteiger partial charge in [0, 0.05) is 42.5 Å². The van der Waals surface area contributed by atoms with Crippen molar-refractivity contribution in [3.8, 4) is 6.07 Å². The van der Waals surface area contributed by atoms with E-state index in [0.29, 0.717) is 30.3 Å². The van der Waals surface area contributed by atoms with Crippen LogP contribution >= 0.6 is 12.2 Å². The largest absolute Gasteiger partial charge is 0.419 e. The fourth-order valence-electron chi connectivity index (χ4n) is 8.72. The van der Waals surface area contributed by atoms with Crippen LogP contribution in [0.3, 0.4) is 0 Å². The van der Waals surface area contributed by atoms with Crippen molar-refractivity contribution in [3.63, 3.8) is 0 Å². The average molecular weight is 811 g/mol. The lowest BCUT2D eigenvalue weighted by Gasteiger charge is -2.42. The lowest BCUT2D eigenvalue weighted by molar-refractivity contribution is -0.138. The molecule has 17 heteroatoms. The molecule has 0 radical (unpaired) electrons. The molecule has 6 rings (SSSR count). The van der Waals surface area contributed by atoms with Crippen molar-refractivity contribution in [2.75, 3.05) is 28.7 Å². The van der Waals surface area contributed by atoms with Crippen LogP contribution in [0.15, 0.2) is 36.5 Å². The van der Waals surface area contributed by atoms with Crippen LogP contribution in [0.5, 0.6) is 0 Å². The number of ether oxygens (including phenoxy) is 1. The number of rotatable bonds is 11. The van der Waals surface area contributed by atoms with Crippen molar-refractivity contribution in [3.05, 3.63) is 47.8 Å². The first-order valence-electron chi connectivity index (χ1n) is 19.5. The number of nitriles is 1. The van der Waals surface area contributed by atoms with Gasteiger partial charge in [-0.2, -0.15) is 18.4 Å². The monoisotopic (exact) mass is 810 g/mol. The fraction of sp³-hybridized carbons (Fsp3) is 0.575. The standard InChI is InChI=1S/C40H49F3N8O5S/c1-23-16-30(17-24(2)49(23)22-35(53)47-27-7-5-6-26(18-27)46-32-12-13-34(52)48-36(32)54)56-15-14-25-8-10-28(11-9-25)51-38(57)50(37(55)39(51,3)4)29-19-31(40(41,42)43)33(20-44)45-21-29/h5-7,18-19,21,23-25,28,30,32,46H,8-17,22H2,1-4H3,(H,47,53)(H,48,52,54)/t23-,24+,25?,28?,30?,32?. The molecule has 2 aromatic rings. The number of halogens is 3. The first kappa shape index (κ1) is 42.0. The quantitative estimate of drug-likeness (QED) is 0.188. The Morgan fingerprint density at radius 2 is 1.75 bits per heavy atom. The maximum Gasteiger partial charge on any atom is 0.419 e. The van der Waals surface area contributed by atoms with Gasteiger partial charge >= 0.3 is 6.18 Å². The highest BCUT2D eigenvalue weighted by Crippen LogP contribution is 2.41. The highest BCUT2D eigenvalue weighted by Gasteiger charge is 2.53. The van der Waals surface area contributed by atoms with E-state index in [4.69, 9.17) is 22.2 Å². The highest BCUT2D eigenvalue weighted by atomic mass is 32.1. The minimum atomic E-state index is -4.82. The molecule has 3 aliphatic heterocycles. The van der Waals surface area contributed by atoms with Gasteiger partial charge in [0.25, 0.3) is 5.91 Å². The van der Waals surface area contributed by atoms with E-state index >= 15 is 0 Å². The van der Waals surface area contributed by atoms with E-state index in [9.17, 15) is 32.3 Å². The summed E-state index contributed by atoms with van der Waals surface area (Å²) in [6.07, 6.45) is 2.79. The number of likely N-dealkylation sites (tertiary alicyclic amines) is 1. The van der Waals surface area contributed by atoms with Crippen LogP contribution in [0.25, 0.3) is 0 Å². The predicted molar refractivity (Wildman–Crippen MR) is 210 cm³/mol. The van der Waals surface area contributed by atoms with Crippen LogP contribution in [0.1, 0.15) is 96.7 Å². The number of piperidine rings is 2. The second kappa shape index (κ2) is 17.1. The van der Waals surface area contributed by atoms with E-state index in [1.807, 2.05) is 11.0 Å². The predicted octanol–water partition coefficient (Wildman–Crippen LogP) is 5.75. The Hall–Kier alpha value is -4.66. The Kier molecular flexibility index (Phi) is 12.6. The van der Waals surface area contributed by atoms with Gasteiger partial charge < -0.3 is 20.3 Å². The molecule has 4 heterocycles. The zero-order valence-corrected chi connectivity index (χ0v) is 33.3. The van der Waals surface area contributed by atoms with E-state index in [2.05, 4.69) is 39.7 Å². The fourth-order valence-corrected chi connectivity index (χ4v) is 9.29. The van der Waals surface area contributed by atoms with Gasteiger partial charge in [-0.1, -0.05) is 6.07 Å². The average Bonchev–Trinajstić information content (AvgIpc) is 3.32. The number of anilines is 3. The maximum absolute atomic E-state index is 13.7. The number of hydrogen-bond acceptors (Lipinski definition) is 10. The molecule has 1 aliphatic carbocycles. The number of nitrogens with zero attached hydrogens (tertiary/aromatic N) is 5. The van der Waals surface area contributed by atoms with Crippen LogP contribution in [-0.4, -0.2) is 92.5 Å². The van der Waals surface area contributed by atoms with Crippen molar-refractivity contribution in [1.82, 2.24) is 20.1 Å². The van der Waals surface area contributed by atoms with Crippen molar-refractivity contribution >= 4 is 58.0 Å². The minimum absolute atomic E-state index is 0.0614. The third-order valence-corrected chi connectivity index (χ3v) is 12.1. The number of amides is 4. The number of carbonyl (C=O) groups excluding carboxylic acids is 4. The summed E-state index contributed by atoms with van der Waals surface area (Å²) in [7, 11) is 0. The third kappa shape index (κ3) is 9.39. The molecule has 0 bridgehead atoms. The van der Waals surface area contributed by atoms with Crippen molar-refractivity contribution in [2.24, 2.45) is 5.92 Å². The molecule has 1 aromatic heterocycles. The molecule has 4 atom stereocenters. The molecule has 1 saturated carbocycles. The van der Waals surface area contributed by atoms with E-state index in [-0.39, 0.29) is 65.7 Å². The van der Waals surface area contributed by atoms with Gasteiger partial charge in [-0.05, 0) is 121 Å². The van der Waals surface area contributed by atoms with E-state index in [1.165, 1.54) is 6.07 Å². The topological polar surface area (TPSA) is 160 Å². The van der Waals surface area contributed by atoms with Crippen molar-refractivity contribution in [2.45, 2.75) is 127 Å². The number of benzene rings is 1. The maximum atomic E-state index is 13.7. The first-order valence-corrected chi connectivity index (χ1v) is 19.9. The molecule has 57 heavy (non-hydrogen) atoms. The van der Waals surface area contributed by atoms with Crippen molar-refractivity contribution in [1.29, 1.82) is 5.26 Å². The molecule has 1 aromatic carbocycles. The second-order valence-corrected chi connectivity index (χ2v) is 16.5. The number of pyridine rings is 1. The van der Waals surface area contributed by atoms with Crippen LogP contribution in [0.2, 0.25) is 0 Å². The molecular weight excluding hydrogens is 762 g/mol. The number of hydrogen-bond donors (Lipinski definition) is 3. The molecule has 3 N–H and O–H groups in total. The second-order valence-electron chi connectivity index (χ2n) is 16.1. The van der Waals surface area contributed by atoms with Crippen molar-refractivity contribution < 1.29 is 37.1 Å². The Morgan fingerprint density at radius 1 is 1.07 bits per heavy atom. The SMILES string of the molecule is C[C@@H]1CC(OCCC2CCC(N3C(=S)N(c4cnc(C#N)c(C(F)(F)F)c4)C(=O)C3(C)C)CC2)C[C@H](C)N1CC(=O)Nc1cccc(NC2CCC(=O)NC2=O)c1. The molecule has 0 spiro atoms. The number of thiocarbonyl (C=S) groups is 1. The summed E-state index contributed by atoms with van der Waals surface area (Å²) in [5.74, 6) is -0.805. The summed E-state index contributed by atoms with van der Waals surface area (Å²) in [5.41, 5.74) is -1.88. The van der Waals surface area contributed by atoms with Gasteiger partial charge in [-0.3, -0.25) is 34.3 Å². The van der Waals surface area contributed by atoms with E-state index in [1.54, 1.807) is 32.0 Å². The van der Waals surface area contributed by atoms with Crippen LogP contribution in [-0.2, 0) is 30.1 Å². The lowest BCUT2D eigenvalue weighted by Crippen LogP contribution is -2.51. The summed E-state index contributed by atoms with van der Waals surface area (Å²) in [6.45, 7) is 8.50. The lowest BCUT2D eigenvalue weighted by atomic mass is 9.82. The first-order chi connectivity index (χ1) is 27.0. The molecule has 13 nitrogen and oxygen atoms in total. The van der Waals surface area contributed by atoms with Gasteiger partial charge in [0.1, 0.15) is 17.6 Å².